The number of hydrogen-bond donors (Lipinski definition) is 1. The van der Waals surface area contributed by atoms with Crippen LogP contribution in [0.3, 0.4) is 0 Å². The molecule has 1 unspecified atom stereocenters. The molecule has 3 rings (SSSR count). The second kappa shape index (κ2) is 11.1. The SMILES string of the molecule is CC(C)(C)CC(=O)c1ccc(CN(C(C(N)=O)c2cc(F)cc(F)c2)S(=O)(=O)c2ccc(Cl)cc2)cc1. The van der Waals surface area contributed by atoms with Crippen LogP contribution in [-0.4, -0.2) is 24.4 Å². The molecule has 0 saturated carbocycles. The molecule has 0 aliphatic carbocycles. The molecule has 1 amide bonds. The van der Waals surface area contributed by atoms with Crippen molar-refractivity contribution < 1.29 is 26.8 Å². The first-order valence-electron chi connectivity index (χ1n) is 11.3. The van der Waals surface area contributed by atoms with Crippen LogP contribution < -0.4 is 5.73 Å². The summed E-state index contributed by atoms with van der Waals surface area (Å²) in [5.74, 6) is -3.19. The lowest BCUT2D eigenvalue weighted by Gasteiger charge is -2.29. The maximum Gasteiger partial charge on any atom is 0.244 e. The monoisotopic (exact) mass is 548 g/mol. The number of carbonyl (C=O) groups is 2. The van der Waals surface area contributed by atoms with Gasteiger partial charge in [0.2, 0.25) is 15.9 Å². The molecule has 196 valence electrons. The summed E-state index contributed by atoms with van der Waals surface area (Å²) in [6, 6.07) is 12.1. The molecule has 0 heterocycles. The summed E-state index contributed by atoms with van der Waals surface area (Å²) < 4.78 is 56.3. The van der Waals surface area contributed by atoms with Crippen molar-refractivity contribution in [3.63, 3.8) is 0 Å². The standard InChI is InChI=1S/C27H27ClF2N2O4S/c1-27(2,3)15-24(33)18-6-4-17(5-7-18)16-32(37(35,36)23-10-8-20(28)9-11-23)25(26(31)34)19-12-21(29)14-22(30)13-19/h4-14,25H,15-16H2,1-3H3,(H2,31,34). The van der Waals surface area contributed by atoms with E-state index in [0.29, 0.717) is 28.6 Å². The summed E-state index contributed by atoms with van der Waals surface area (Å²) >= 11 is 5.90. The van der Waals surface area contributed by atoms with Gasteiger partial charge in [-0.1, -0.05) is 56.6 Å². The summed E-state index contributed by atoms with van der Waals surface area (Å²) in [5.41, 5.74) is 5.98. The van der Waals surface area contributed by atoms with E-state index < -0.39 is 33.6 Å². The van der Waals surface area contributed by atoms with Gasteiger partial charge in [-0.2, -0.15) is 4.31 Å². The van der Waals surface area contributed by atoms with Gasteiger partial charge in [0, 0.05) is 29.6 Å². The molecule has 10 heteroatoms. The Balaban J connectivity index is 2.08. The van der Waals surface area contributed by atoms with Gasteiger partial charge in [-0.3, -0.25) is 9.59 Å². The summed E-state index contributed by atoms with van der Waals surface area (Å²) in [6.45, 7) is 5.46. The molecular weight excluding hydrogens is 522 g/mol. The molecule has 0 spiro atoms. The third kappa shape index (κ3) is 7.21. The molecule has 0 aromatic heterocycles. The molecule has 0 radical (unpaired) electrons. The Labute approximate surface area is 220 Å². The molecule has 3 aromatic rings. The van der Waals surface area contributed by atoms with E-state index in [9.17, 15) is 26.8 Å². The van der Waals surface area contributed by atoms with Crippen LogP contribution >= 0.6 is 11.6 Å². The first kappa shape index (κ1) is 28.4. The Morgan fingerprint density at radius 3 is 1.97 bits per heavy atom. The van der Waals surface area contributed by atoms with Gasteiger partial charge in [0.25, 0.3) is 0 Å². The topological polar surface area (TPSA) is 97.5 Å². The van der Waals surface area contributed by atoms with Crippen LogP contribution in [0.1, 0.15) is 54.7 Å². The maximum absolute atomic E-state index is 14.0. The van der Waals surface area contributed by atoms with E-state index in [1.54, 1.807) is 24.3 Å². The van der Waals surface area contributed by atoms with Gasteiger partial charge < -0.3 is 5.73 Å². The minimum absolute atomic E-state index is 0.0741. The molecular formula is C27H27ClF2N2O4S. The fraction of sp³-hybridized carbons (Fsp3) is 0.259. The van der Waals surface area contributed by atoms with Crippen molar-refractivity contribution in [1.29, 1.82) is 0 Å². The number of halogens is 3. The number of rotatable bonds is 9. The molecule has 0 saturated heterocycles. The summed E-state index contributed by atoms with van der Waals surface area (Å²) in [6.07, 6.45) is 0.318. The van der Waals surface area contributed by atoms with E-state index in [2.05, 4.69) is 0 Å². The molecule has 3 aromatic carbocycles. The Kier molecular flexibility index (Phi) is 8.52. The predicted molar refractivity (Wildman–Crippen MR) is 137 cm³/mol. The van der Waals surface area contributed by atoms with E-state index in [4.69, 9.17) is 17.3 Å². The lowest BCUT2D eigenvalue weighted by Crippen LogP contribution is -2.41. The number of ketones is 1. The molecule has 2 N–H and O–H groups in total. The van der Waals surface area contributed by atoms with Crippen molar-refractivity contribution >= 4 is 33.3 Å². The van der Waals surface area contributed by atoms with E-state index in [1.807, 2.05) is 20.8 Å². The highest BCUT2D eigenvalue weighted by atomic mass is 35.5. The van der Waals surface area contributed by atoms with Gasteiger partial charge in [0.1, 0.15) is 17.7 Å². The van der Waals surface area contributed by atoms with E-state index in [1.165, 1.54) is 24.3 Å². The predicted octanol–water partition coefficient (Wildman–Crippen LogP) is 5.65. The molecule has 0 fully saturated rings. The quantitative estimate of drug-likeness (QED) is 0.349. The zero-order chi connectivity index (χ0) is 27.5. The fourth-order valence-corrected chi connectivity index (χ4v) is 5.52. The third-order valence-electron chi connectivity index (χ3n) is 5.48. The van der Waals surface area contributed by atoms with Gasteiger partial charge in [-0.05, 0) is 52.9 Å². The molecule has 0 bridgehead atoms. The molecule has 6 nitrogen and oxygen atoms in total. The highest BCUT2D eigenvalue weighted by Gasteiger charge is 2.37. The van der Waals surface area contributed by atoms with Crippen LogP contribution in [0.5, 0.6) is 0 Å². The van der Waals surface area contributed by atoms with Crippen LogP contribution in [0.25, 0.3) is 0 Å². The lowest BCUT2D eigenvalue weighted by atomic mass is 9.88. The summed E-state index contributed by atoms with van der Waals surface area (Å²) in [5, 5.41) is 0.291. The number of primary amides is 1. The highest BCUT2D eigenvalue weighted by molar-refractivity contribution is 7.89. The second-order valence-corrected chi connectivity index (χ2v) is 12.2. The maximum atomic E-state index is 14.0. The van der Waals surface area contributed by atoms with Gasteiger partial charge in [-0.15, -0.1) is 0 Å². The number of Topliss-reactive ketones (excluding diaryl/α,β-unsaturated/α-hetero) is 1. The molecule has 0 aliphatic rings. The molecule has 37 heavy (non-hydrogen) atoms. The molecule has 0 aliphatic heterocycles. The van der Waals surface area contributed by atoms with Gasteiger partial charge in [0.15, 0.2) is 5.78 Å². The number of benzene rings is 3. The van der Waals surface area contributed by atoms with Crippen LogP contribution in [-0.2, 0) is 21.4 Å². The third-order valence-corrected chi connectivity index (χ3v) is 7.56. The van der Waals surface area contributed by atoms with Gasteiger partial charge >= 0.3 is 0 Å². The fourth-order valence-electron chi connectivity index (χ4n) is 3.82. The number of carbonyl (C=O) groups excluding carboxylic acids is 2. The lowest BCUT2D eigenvalue weighted by molar-refractivity contribution is -0.122. The van der Waals surface area contributed by atoms with Crippen LogP contribution in [0, 0.1) is 17.0 Å². The smallest absolute Gasteiger partial charge is 0.244 e. The van der Waals surface area contributed by atoms with Crippen molar-refractivity contribution in [1.82, 2.24) is 4.31 Å². The van der Waals surface area contributed by atoms with Gasteiger partial charge in [0.05, 0.1) is 4.90 Å². The van der Waals surface area contributed by atoms with Crippen LogP contribution in [0.2, 0.25) is 5.02 Å². The Morgan fingerprint density at radius 2 is 1.49 bits per heavy atom. The highest BCUT2D eigenvalue weighted by Crippen LogP contribution is 2.31. The van der Waals surface area contributed by atoms with E-state index >= 15 is 0 Å². The van der Waals surface area contributed by atoms with Crippen LogP contribution in [0.15, 0.2) is 71.6 Å². The first-order valence-corrected chi connectivity index (χ1v) is 13.1. The van der Waals surface area contributed by atoms with Crippen molar-refractivity contribution in [2.45, 2.75) is 44.7 Å². The largest absolute Gasteiger partial charge is 0.368 e. The summed E-state index contributed by atoms with van der Waals surface area (Å²) in [7, 11) is -4.42. The first-order chi connectivity index (χ1) is 17.2. The number of amides is 1. The van der Waals surface area contributed by atoms with E-state index in [-0.39, 0.29) is 28.2 Å². The summed E-state index contributed by atoms with van der Waals surface area (Å²) in [4.78, 5) is 24.9. The van der Waals surface area contributed by atoms with Crippen molar-refractivity contribution in [2.75, 3.05) is 0 Å². The minimum Gasteiger partial charge on any atom is -0.368 e. The zero-order valence-corrected chi connectivity index (χ0v) is 22.1. The Morgan fingerprint density at radius 1 is 0.946 bits per heavy atom. The Hall–Kier alpha value is -3.14. The molecule has 1 atom stereocenters. The Bertz CT molecular complexity index is 1380. The average Bonchev–Trinajstić information content (AvgIpc) is 2.77. The van der Waals surface area contributed by atoms with Crippen molar-refractivity contribution in [3.8, 4) is 0 Å². The van der Waals surface area contributed by atoms with Gasteiger partial charge in [-0.25, -0.2) is 17.2 Å². The minimum atomic E-state index is -4.42. The number of hydrogen-bond acceptors (Lipinski definition) is 4. The van der Waals surface area contributed by atoms with Crippen molar-refractivity contribution in [2.24, 2.45) is 11.1 Å². The zero-order valence-electron chi connectivity index (χ0n) is 20.5. The number of sulfonamides is 1. The average molecular weight is 549 g/mol. The second-order valence-electron chi connectivity index (χ2n) is 9.87. The van der Waals surface area contributed by atoms with Crippen LogP contribution in [0.4, 0.5) is 8.78 Å². The normalized spacial score (nSPS) is 12.9. The van der Waals surface area contributed by atoms with Crippen molar-refractivity contribution in [3.05, 3.63) is 100 Å². The van der Waals surface area contributed by atoms with E-state index in [0.717, 1.165) is 16.4 Å². The number of nitrogens with zero attached hydrogens (tertiary/aromatic N) is 1. The number of nitrogens with two attached hydrogens (primary N) is 1.